The molecular formula is C20H23N3OS. The molecule has 2 heterocycles. The van der Waals surface area contributed by atoms with E-state index < -0.39 is 0 Å². The molecule has 0 amide bonds. The van der Waals surface area contributed by atoms with Gasteiger partial charge in [0.2, 0.25) is 0 Å². The summed E-state index contributed by atoms with van der Waals surface area (Å²) in [5.74, 6) is 0.317. The molecule has 0 N–H and O–H groups in total. The molecule has 0 bridgehead atoms. The highest BCUT2D eigenvalue weighted by molar-refractivity contribution is 8.00. The number of allylic oxidation sites excluding steroid dienone is 1. The Morgan fingerprint density at radius 1 is 1.32 bits per heavy atom. The predicted molar refractivity (Wildman–Crippen MR) is 102 cm³/mol. The molecule has 0 aliphatic heterocycles. The fraction of sp³-hybridized carbons (Fsp3) is 0.350. The normalized spacial score (nSPS) is 10.6. The minimum Gasteiger partial charge on any atom is -0.345 e. The molecule has 4 nitrogen and oxygen atoms in total. The largest absolute Gasteiger partial charge is 0.345 e. The van der Waals surface area contributed by atoms with E-state index in [1.54, 1.807) is 0 Å². The summed E-state index contributed by atoms with van der Waals surface area (Å²) in [5, 5.41) is 10.1. The van der Waals surface area contributed by atoms with Crippen LogP contribution < -0.4 is 0 Å². The minimum absolute atomic E-state index is 0.0509. The lowest BCUT2D eigenvalue weighted by molar-refractivity contribution is 0.102. The van der Waals surface area contributed by atoms with E-state index in [1.165, 1.54) is 11.8 Å². The van der Waals surface area contributed by atoms with E-state index in [-0.39, 0.29) is 11.5 Å². The van der Waals surface area contributed by atoms with E-state index in [9.17, 15) is 10.1 Å². The van der Waals surface area contributed by atoms with Crippen LogP contribution in [0.15, 0.2) is 23.7 Å². The molecule has 0 atom stereocenters. The van der Waals surface area contributed by atoms with Crippen LogP contribution in [0.3, 0.4) is 0 Å². The van der Waals surface area contributed by atoms with Crippen LogP contribution in [0.2, 0.25) is 0 Å². The summed E-state index contributed by atoms with van der Waals surface area (Å²) < 4.78 is 2.07. The fourth-order valence-corrected chi connectivity index (χ4v) is 3.82. The molecule has 2 aromatic rings. The molecule has 2 rings (SSSR count). The van der Waals surface area contributed by atoms with E-state index in [1.807, 2.05) is 46.8 Å². The number of nitriles is 1. The van der Waals surface area contributed by atoms with Crippen molar-refractivity contribution < 1.29 is 4.79 Å². The number of aromatic nitrogens is 2. The summed E-state index contributed by atoms with van der Waals surface area (Å²) >= 11 is 1.34. The van der Waals surface area contributed by atoms with Gasteiger partial charge in [0.15, 0.2) is 5.78 Å². The van der Waals surface area contributed by atoms with Crippen LogP contribution in [0, 0.1) is 45.9 Å². The fourth-order valence-electron chi connectivity index (χ4n) is 2.85. The molecule has 0 saturated carbocycles. The van der Waals surface area contributed by atoms with Crippen LogP contribution in [0.1, 0.15) is 44.1 Å². The molecule has 0 unspecified atom stereocenters. The van der Waals surface area contributed by atoms with Crippen LogP contribution >= 0.6 is 11.8 Å². The van der Waals surface area contributed by atoms with Gasteiger partial charge in [-0.2, -0.15) is 5.26 Å². The number of hydrogen-bond acceptors (Lipinski definition) is 4. The maximum atomic E-state index is 12.7. The Hall–Kier alpha value is -2.32. The van der Waals surface area contributed by atoms with Gasteiger partial charge in [0.05, 0.1) is 11.3 Å². The average molecular weight is 353 g/mol. The lowest BCUT2D eigenvalue weighted by Gasteiger charge is -2.11. The van der Waals surface area contributed by atoms with Gasteiger partial charge in [0.1, 0.15) is 11.1 Å². The Labute approximate surface area is 153 Å². The first-order valence-corrected chi connectivity index (χ1v) is 9.11. The second kappa shape index (κ2) is 7.71. The Morgan fingerprint density at radius 2 is 2.00 bits per heavy atom. The molecule has 0 fully saturated rings. The van der Waals surface area contributed by atoms with Gasteiger partial charge in [-0.25, -0.2) is 4.98 Å². The second-order valence-electron chi connectivity index (χ2n) is 6.14. The molecule has 0 aliphatic carbocycles. The maximum absolute atomic E-state index is 12.7. The van der Waals surface area contributed by atoms with Crippen molar-refractivity contribution in [1.82, 2.24) is 9.55 Å². The molecule has 0 aliphatic rings. The number of aryl methyl sites for hydroxylation is 2. The van der Waals surface area contributed by atoms with E-state index in [2.05, 4.69) is 22.2 Å². The summed E-state index contributed by atoms with van der Waals surface area (Å²) in [6.45, 7) is 14.2. The monoisotopic (exact) mass is 353 g/mol. The number of hydrogen-bond donors (Lipinski definition) is 0. The average Bonchev–Trinajstić information content (AvgIpc) is 2.86. The maximum Gasteiger partial charge on any atom is 0.174 e. The van der Waals surface area contributed by atoms with Crippen molar-refractivity contribution in [2.24, 2.45) is 0 Å². The highest BCUT2D eigenvalue weighted by atomic mass is 32.2. The Balaban J connectivity index is 2.26. The molecule has 5 heteroatoms. The first-order valence-electron chi connectivity index (χ1n) is 8.13. The third-order valence-corrected chi connectivity index (χ3v) is 5.58. The van der Waals surface area contributed by atoms with Crippen molar-refractivity contribution >= 4 is 17.5 Å². The topological polar surface area (TPSA) is 58.7 Å². The van der Waals surface area contributed by atoms with E-state index in [0.717, 1.165) is 33.8 Å². The Bertz CT molecular complexity index is 888. The van der Waals surface area contributed by atoms with Gasteiger partial charge in [-0.1, -0.05) is 17.8 Å². The molecule has 130 valence electrons. The zero-order chi connectivity index (χ0) is 18.7. The van der Waals surface area contributed by atoms with Gasteiger partial charge < -0.3 is 4.57 Å². The quantitative estimate of drug-likeness (QED) is 0.437. The zero-order valence-electron chi connectivity index (χ0n) is 15.4. The van der Waals surface area contributed by atoms with Crippen molar-refractivity contribution in [2.45, 2.75) is 46.2 Å². The lowest BCUT2D eigenvalue weighted by Crippen LogP contribution is -2.07. The summed E-state index contributed by atoms with van der Waals surface area (Å²) in [6, 6.07) is 4.15. The van der Waals surface area contributed by atoms with Crippen molar-refractivity contribution in [2.75, 3.05) is 5.75 Å². The molecule has 0 aromatic carbocycles. The number of nitrogens with zero attached hydrogens (tertiary/aromatic N) is 3. The first-order chi connectivity index (χ1) is 11.8. The number of rotatable bonds is 6. The molecule has 0 radical (unpaired) electrons. The van der Waals surface area contributed by atoms with Crippen molar-refractivity contribution in [3.63, 3.8) is 0 Å². The highest BCUT2D eigenvalue weighted by Crippen LogP contribution is 2.27. The van der Waals surface area contributed by atoms with E-state index >= 15 is 0 Å². The Morgan fingerprint density at radius 3 is 2.60 bits per heavy atom. The molecule has 2 aromatic heterocycles. The molecule has 0 spiro atoms. The van der Waals surface area contributed by atoms with Crippen molar-refractivity contribution in [3.8, 4) is 6.07 Å². The van der Waals surface area contributed by atoms with Gasteiger partial charge in [0.25, 0.3) is 0 Å². The van der Waals surface area contributed by atoms with Gasteiger partial charge in [-0.05, 0) is 51.8 Å². The first kappa shape index (κ1) is 19.0. The van der Waals surface area contributed by atoms with E-state index in [0.29, 0.717) is 17.1 Å². The van der Waals surface area contributed by atoms with Gasteiger partial charge >= 0.3 is 0 Å². The number of pyridine rings is 1. The van der Waals surface area contributed by atoms with Gasteiger partial charge in [-0.3, -0.25) is 4.79 Å². The third kappa shape index (κ3) is 3.69. The Kier molecular flexibility index (Phi) is 5.86. The zero-order valence-corrected chi connectivity index (χ0v) is 16.3. The van der Waals surface area contributed by atoms with Crippen LogP contribution in [0.5, 0.6) is 0 Å². The molecule has 25 heavy (non-hydrogen) atoms. The predicted octanol–water partition coefficient (Wildman–Crippen LogP) is 4.46. The van der Waals surface area contributed by atoms with Crippen LogP contribution in [0.4, 0.5) is 0 Å². The van der Waals surface area contributed by atoms with E-state index in [4.69, 9.17) is 0 Å². The van der Waals surface area contributed by atoms with Gasteiger partial charge in [-0.15, -0.1) is 6.58 Å². The molecule has 0 saturated heterocycles. The number of Topliss-reactive ketones (excluding diaryl/α,β-unsaturated/α-hetero) is 1. The number of ketones is 1. The number of carbonyl (C=O) groups is 1. The van der Waals surface area contributed by atoms with Crippen LogP contribution in [0.25, 0.3) is 0 Å². The summed E-state index contributed by atoms with van der Waals surface area (Å²) in [7, 11) is 0. The second-order valence-corrected chi connectivity index (χ2v) is 7.10. The summed E-state index contributed by atoms with van der Waals surface area (Å²) in [5.41, 5.74) is 6.16. The van der Waals surface area contributed by atoms with Crippen LogP contribution in [-0.4, -0.2) is 21.1 Å². The third-order valence-electron chi connectivity index (χ3n) is 4.60. The smallest absolute Gasteiger partial charge is 0.174 e. The summed E-state index contributed by atoms with van der Waals surface area (Å²) in [6.07, 6.45) is 1.82. The van der Waals surface area contributed by atoms with Crippen molar-refractivity contribution in [1.29, 1.82) is 5.26 Å². The SMILES string of the molecule is C=CCn1c(C)cc(C(=O)CSc2nc(C)c(C)c(C)c2C#N)c1C. The number of thioether (sulfide) groups is 1. The van der Waals surface area contributed by atoms with Crippen molar-refractivity contribution in [3.05, 3.63) is 58.1 Å². The lowest BCUT2D eigenvalue weighted by atomic mass is 10.1. The minimum atomic E-state index is 0.0509. The standard InChI is InChI=1S/C20H23N3OS/c1-7-8-23-12(2)9-17(16(23)6)19(24)11-25-20-18(10-21)14(4)13(3)15(5)22-20/h7,9H,1,8,11H2,2-6H3. The van der Waals surface area contributed by atoms with Crippen LogP contribution in [-0.2, 0) is 6.54 Å². The molecular weight excluding hydrogens is 330 g/mol. The van der Waals surface area contributed by atoms with Gasteiger partial charge in [0, 0.05) is 29.2 Å². The number of carbonyl (C=O) groups excluding carboxylic acids is 1. The summed E-state index contributed by atoms with van der Waals surface area (Å²) in [4.78, 5) is 17.2. The highest BCUT2D eigenvalue weighted by Gasteiger charge is 2.18.